The summed E-state index contributed by atoms with van der Waals surface area (Å²) in [4.78, 5) is 7.60. The Hall–Kier alpha value is -2.00. The lowest BCUT2D eigenvalue weighted by Gasteiger charge is -2.09. The Morgan fingerprint density at radius 1 is 1.15 bits per heavy atom. The van der Waals surface area contributed by atoms with Gasteiger partial charge in [0.15, 0.2) is 5.82 Å². The van der Waals surface area contributed by atoms with Crippen LogP contribution in [0.25, 0.3) is 16.8 Å². The van der Waals surface area contributed by atoms with Gasteiger partial charge in [0.2, 0.25) is 5.28 Å². The fraction of sp³-hybridized carbons (Fsp3) is 0.125. The van der Waals surface area contributed by atoms with Gasteiger partial charge in [0.25, 0.3) is 0 Å². The van der Waals surface area contributed by atoms with Crippen molar-refractivity contribution >= 4 is 17.2 Å². The van der Waals surface area contributed by atoms with Crippen LogP contribution in [-0.4, -0.2) is 9.97 Å². The zero-order valence-electron chi connectivity index (χ0n) is 10.7. The van der Waals surface area contributed by atoms with Gasteiger partial charge in [0.05, 0.1) is 6.20 Å². The third kappa shape index (κ3) is 2.63. The smallest absolute Gasteiger partial charge is 0.223 e. The SMILES string of the molecule is Fc1cnc(Cl)nc1-c1cccc(C2=CCCC=C2)c1. The van der Waals surface area contributed by atoms with Gasteiger partial charge in [0.1, 0.15) is 5.69 Å². The predicted molar refractivity (Wildman–Crippen MR) is 78.8 cm³/mol. The molecule has 0 N–H and O–H groups in total. The van der Waals surface area contributed by atoms with Crippen LogP contribution in [0.1, 0.15) is 18.4 Å². The van der Waals surface area contributed by atoms with E-state index < -0.39 is 5.82 Å². The molecule has 0 saturated carbocycles. The van der Waals surface area contributed by atoms with Gasteiger partial charge in [-0.15, -0.1) is 0 Å². The quantitative estimate of drug-likeness (QED) is 0.750. The molecule has 0 unspecified atom stereocenters. The summed E-state index contributed by atoms with van der Waals surface area (Å²) in [5.74, 6) is -0.472. The number of benzene rings is 1. The lowest BCUT2D eigenvalue weighted by molar-refractivity contribution is 0.618. The molecule has 0 spiro atoms. The summed E-state index contributed by atoms with van der Waals surface area (Å²) in [7, 11) is 0. The van der Waals surface area contributed by atoms with Gasteiger partial charge in [-0.05, 0) is 41.6 Å². The van der Waals surface area contributed by atoms with E-state index in [4.69, 9.17) is 11.6 Å². The van der Waals surface area contributed by atoms with Crippen LogP contribution in [0.15, 0.2) is 48.7 Å². The topological polar surface area (TPSA) is 25.8 Å². The molecule has 4 heteroatoms. The molecule has 1 aromatic heterocycles. The van der Waals surface area contributed by atoms with Crippen molar-refractivity contribution in [3.63, 3.8) is 0 Å². The monoisotopic (exact) mass is 286 g/mol. The second-order valence-electron chi connectivity index (χ2n) is 4.56. The molecule has 3 rings (SSSR count). The number of halogens is 2. The number of nitrogens with zero attached hydrogens (tertiary/aromatic N) is 2. The van der Waals surface area contributed by atoms with Crippen molar-refractivity contribution in [2.75, 3.05) is 0 Å². The van der Waals surface area contributed by atoms with Crippen LogP contribution in [0, 0.1) is 5.82 Å². The molecule has 1 heterocycles. The van der Waals surface area contributed by atoms with Crippen molar-refractivity contribution in [3.05, 3.63) is 65.4 Å². The molecule has 100 valence electrons. The number of aromatic nitrogens is 2. The van der Waals surface area contributed by atoms with E-state index in [0.717, 1.165) is 30.2 Å². The number of hydrogen-bond acceptors (Lipinski definition) is 2. The molecule has 0 aliphatic heterocycles. The third-order valence-electron chi connectivity index (χ3n) is 3.18. The Bertz CT molecular complexity index is 707. The molecule has 0 bridgehead atoms. The fourth-order valence-corrected chi connectivity index (χ4v) is 2.35. The average Bonchev–Trinajstić information content (AvgIpc) is 2.51. The second-order valence-corrected chi connectivity index (χ2v) is 4.89. The number of allylic oxidation sites excluding steroid dienone is 4. The van der Waals surface area contributed by atoms with Gasteiger partial charge in [-0.2, -0.15) is 0 Å². The van der Waals surface area contributed by atoms with Crippen LogP contribution in [0.4, 0.5) is 4.39 Å². The van der Waals surface area contributed by atoms with E-state index >= 15 is 0 Å². The van der Waals surface area contributed by atoms with E-state index in [-0.39, 0.29) is 11.0 Å². The van der Waals surface area contributed by atoms with E-state index in [0.29, 0.717) is 5.56 Å². The zero-order valence-corrected chi connectivity index (χ0v) is 11.4. The van der Waals surface area contributed by atoms with E-state index in [1.807, 2.05) is 24.3 Å². The van der Waals surface area contributed by atoms with Crippen molar-refractivity contribution in [1.29, 1.82) is 0 Å². The minimum atomic E-state index is -0.472. The van der Waals surface area contributed by atoms with Gasteiger partial charge < -0.3 is 0 Å². The molecule has 0 saturated heterocycles. The number of hydrogen-bond donors (Lipinski definition) is 0. The first-order valence-corrected chi connectivity index (χ1v) is 6.77. The average molecular weight is 287 g/mol. The molecule has 2 aromatic rings. The Morgan fingerprint density at radius 3 is 2.80 bits per heavy atom. The molecule has 0 amide bonds. The highest BCUT2D eigenvalue weighted by Crippen LogP contribution is 2.27. The first kappa shape index (κ1) is 13.0. The minimum absolute atomic E-state index is 0.0450. The van der Waals surface area contributed by atoms with Crippen LogP contribution in [-0.2, 0) is 0 Å². The van der Waals surface area contributed by atoms with Crippen LogP contribution in [0.2, 0.25) is 5.28 Å². The Kier molecular flexibility index (Phi) is 3.61. The summed E-state index contributed by atoms with van der Waals surface area (Å²) in [5.41, 5.74) is 3.13. The molecule has 1 aromatic carbocycles. The standard InChI is InChI=1S/C16H12ClFN2/c17-16-19-10-14(18)15(20-16)13-8-4-7-12(9-13)11-5-2-1-3-6-11/h2,4-10H,1,3H2. The third-order valence-corrected chi connectivity index (χ3v) is 3.36. The molecule has 1 aliphatic carbocycles. The molecule has 0 fully saturated rings. The zero-order chi connectivity index (χ0) is 13.9. The molecular weight excluding hydrogens is 275 g/mol. The summed E-state index contributed by atoms with van der Waals surface area (Å²) in [6, 6.07) is 7.64. The Morgan fingerprint density at radius 2 is 2.00 bits per heavy atom. The van der Waals surface area contributed by atoms with Crippen molar-refractivity contribution in [1.82, 2.24) is 9.97 Å². The maximum Gasteiger partial charge on any atom is 0.223 e. The first-order chi connectivity index (χ1) is 9.74. The van der Waals surface area contributed by atoms with Crippen LogP contribution < -0.4 is 0 Å². The van der Waals surface area contributed by atoms with E-state index in [1.165, 1.54) is 0 Å². The molecule has 20 heavy (non-hydrogen) atoms. The van der Waals surface area contributed by atoms with Crippen molar-refractivity contribution in [2.24, 2.45) is 0 Å². The van der Waals surface area contributed by atoms with E-state index in [1.54, 1.807) is 0 Å². The summed E-state index contributed by atoms with van der Waals surface area (Å²) in [5, 5.41) is 0.0450. The van der Waals surface area contributed by atoms with Crippen LogP contribution >= 0.6 is 11.6 Å². The van der Waals surface area contributed by atoms with E-state index in [2.05, 4.69) is 28.2 Å². The summed E-state index contributed by atoms with van der Waals surface area (Å²) < 4.78 is 13.8. The highest BCUT2D eigenvalue weighted by atomic mass is 35.5. The lowest BCUT2D eigenvalue weighted by Crippen LogP contribution is -1.94. The van der Waals surface area contributed by atoms with Gasteiger partial charge in [0, 0.05) is 5.56 Å². The van der Waals surface area contributed by atoms with Gasteiger partial charge in [-0.1, -0.05) is 36.4 Å². The van der Waals surface area contributed by atoms with E-state index in [9.17, 15) is 4.39 Å². The molecule has 1 aliphatic rings. The van der Waals surface area contributed by atoms with Gasteiger partial charge in [-0.25, -0.2) is 14.4 Å². The maximum atomic E-state index is 13.8. The molecular formula is C16H12ClFN2. The van der Waals surface area contributed by atoms with Crippen LogP contribution in [0.3, 0.4) is 0 Å². The Labute approximate surface area is 121 Å². The van der Waals surface area contributed by atoms with Gasteiger partial charge >= 0.3 is 0 Å². The normalized spacial score (nSPS) is 14.2. The van der Waals surface area contributed by atoms with Gasteiger partial charge in [-0.3, -0.25) is 0 Å². The summed E-state index contributed by atoms with van der Waals surface area (Å²) in [6.45, 7) is 0. The number of rotatable bonds is 2. The molecule has 2 nitrogen and oxygen atoms in total. The summed E-state index contributed by atoms with van der Waals surface area (Å²) in [6.07, 6.45) is 9.61. The van der Waals surface area contributed by atoms with Crippen molar-refractivity contribution in [3.8, 4) is 11.3 Å². The predicted octanol–water partition coefficient (Wildman–Crippen LogP) is 4.67. The lowest BCUT2D eigenvalue weighted by atomic mass is 9.97. The fourth-order valence-electron chi connectivity index (χ4n) is 2.22. The summed E-state index contributed by atoms with van der Waals surface area (Å²) >= 11 is 5.74. The second kappa shape index (κ2) is 5.55. The largest absolute Gasteiger partial charge is 0.223 e. The molecule has 0 atom stereocenters. The highest BCUT2D eigenvalue weighted by Gasteiger charge is 2.10. The Balaban J connectivity index is 2.05. The van der Waals surface area contributed by atoms with Crippen molar-refractivity contribution in [2.45, 2.75) is 12.8 Å². The highest BCUT2D eigenvalue weighted by molar-refractivity contribution is 6.28. The molecule has 0 radical (unpaired) electrons. The van der Waals surface area contributed by atoms with Crippen LogP contribution in [0.5, 0.6) is 0 Å². The first-order valence-electron chi connectivity index (χ1n) is 6.39. The minimum Gasteiger partial charge on any atom is -0.223 e. The maximum absolute atomic E-state index is 13.8. The van der Waals surface area contributed by atoms with Crippen molar-refractivity contribution < 1.29 is 4.39 Å².